The highest BCUT2D eigenvalue weighted by molar-refractivity contribution is 7.99. The van der Waals surface area contributed by atoms with Gasteiger partial charge in [0.25, 0.3) is 0 Å². The first kappa shape index (κ1) is 13.6. The van der Waals surface area contributed by atoms with Crippen LogP contribution in [0.1, 0.15) is 17.3 Å². The molecule has 1 aromatic heterocycles. The summed E-state index contributed by atoms with van der Waals surface area (Å²) in [5.41, 5.74) is 1.31. The summed E-state index contributed by atoms with van der Waals surface area (Å²) in [4.78, 5) is 6.87. The molecule has 1 fully saturated rings. The van der Waals surface area contributed by atoms with Crippen molar-refractivity contribution < 1.29 is 4.52 Å². The van der Waals surface area contributed by atoms with E-state index < -0.39 is 0 Å². The highest BCUT2D eigenvalue weighted by Crippen LogP contribution is 2.12. The summed E-state index contributed by atoms with van der Waals surface area (Å²) in [6.45, 7) is 3.03. The Bertz CT molecular complexity index is 523. The van der Waals surface area contributed by atoms with Crippen LogP contribution in [0.15, 0.2) is 34.9 Å². The zero-order valence-electron chi connectivity index (χ0n) is 11.5. The van der Waals surface area contributed by atoms with Gasteiger partial charge in [-0.1, -0.05) is 35.5 Å². The molecular formula is C15H19N3OS. The topological polar surface area (TPSA) is 42.2 Å². The van der Waals surface area contributed by atoms with Gasteiger partial charge < -0.3 is 4.52 Å². The first-order valence-corrected chi connectivity index (χ1v) is 8.21. The zero-order valence-corrected chi connectivity index (χ0v) is 12.3. The molecule has 0 N–H and O–H groups in total. The SMILES string of the molecule is c1ccc(CCc2noc(CN3CCSCC3)n2)cc1. The standard InChI is InChI=1S/C15H19N3OS/c1-2-4-13(5-3-1)6-7-14-16-15(19-17-14)12-18-8-10-20-11-9-18/h1-5H,6-12H2. The van der Waals surface area contributed by atoms with Crippen molar-refractivity contribution in [2.75, 3.05) is 24.6 Å². The van der Waals surface area contributed by atoms with Crippen molar-refractivity contribution in [2.45, 2.75) is 19.4 Å². The normalized spacial score (nSPS) is 16.4. The number of nitrogens with zero attached hydrogens (tertiary/aromatic N) is 3. The quantitative estimate of drug-likeness (QED) is 0.845. The van der Waals surface area contributed by atoms with Gasteiger partial charge in [-0.05, 0) is 12.0 Å². The Morgan fingerprint density at radius 2 is 1.90 bits per heavy atom. The molecule has 0 bridgehead atoms. The van der Waals surface area contributed by atoms with E-state index in [4.69, 9.17) is 4.52 Å². The maximum Gasteiger partial charge on any atom is 0.240 e. The lowest BCUT2D eigenvalue weighted by atomic mass is 10.1. The van der Waals surface area contributed by atoms with Gasteiger partial charge in [-0.25, -0.2) is 0 Å². The second-order valence-electron chi connectivity index (χ2n) is 4.98. The van der Waals surface area contributed by atoms with Gasteiger partial charge in [0, 0.05) is 31.0 Å². The highest BCUT2D eigenvalue weighted by Gasteiger charge is 2.14. The molecule has 5 heteroatoms. The molecule has 4 nitrogen and oxygen atoms in total. The van der Waals surface area contributed by atoms with E-state index in [2.05, 4.69) is 39.3 Å². The van der Waals surface area contributed by atoms with Crippen molar-refractivity contribution in [3.05, 3.63) is 47.6 Å². The number of aryl methyl sites for hydroxylation is 2. The Morgan fingerprint density at radius 3 is 2.70 bits per heavy atom. The molecule has 2 heterocycles. The Balaban J connectivity index is 1.51. The Labute approximate surface area is 123 Å². The molecule has 0 aliphatic carbocycles. The van der Waals surface area contributed by atoms with Crippen LogP contribution in [0, 0.1) is 0 Å². The molecule has 106 valence electrons. The summed E-state index contributed by atoms with van der Waals surface area (Å²) in [7, 11) is 0. The second-order valence-corrected chi connectivity index (χ2v) is 6.20. The molecule has 0 spiro atoms. The van der Waals surface area contributed by atoms with Gasteiger partial charge in [0.2, 0.25) is 5.89 Å². The molecular weight excluding hydrogens is 270 g/mol. The summed E-state index contributed by atoms with van der Waals surface area (Å²) in [6.07, 6.45) is 1.80. The first-order valence-electron chi connectivity index (χ1n) is 7.05. The van der Waals surface area contributed by atoms with Crippen LogP contribution < -0.4 is 0 Å². The van der Waals surface area contributed by atoms with E-state index in [9.17, 15) is 0 Å². The van der Waals surface area contributed by atoms with E-state index in [1.807, 2.05) is 17.8 Å². The van der Waals surface area contributed by atoms with Gasteiger partial charge in [-0.3, -0.25) is 4.90 Å². The van der Waals surface area contributed by atoms with E-state index in [1.54, 1.807) is 0 Å². The number of aromatic nitrogens is 2. The molecule has 1 aromatic carbocycles. The predicted octanol–water partition coefficient (Wildman–Crippen LogP) is 2.40. The number of hydrogen-bond donors (Lipinski definition) is 0. The van der Waals surface area contributed by atoms with Crippen LogP contribution in [-0.2, 0) is 19.4 Å². The third kappa shape index (κ3) is 3.84. The number of thioether (sulfide) groups is 1. The summed E-state index contributed by atoms with van der Waals surface area (Å²) >= 11 is 2.01. The molecule has 0 saturated carbocycles. The summed E-state index contributed by atoms with van der Waals surface area (Å²) < 4.78 is 5.35. The van der Waals surface area contributed by atoms with E-state index in [0.717, 1.165) is 44.2 Å². The summed E-state index contributed by atoms with van der Waals surface area (Å²) in [6, 6.07) is 10.4. The maximum atomic E-state index is 5.35. The molecule has 1 aliphatic heterocycles. The fourth-order valence-electron chi connectivity index (χ4n) is 2.31. The van der Waals surface area contributed by atoms with E-state index in [-0.39, 0.29) is 0 Å². The average Bonchev–Trinajstić information content (AvgIpc) is 2.95. The number of benzene rings is 1. The first-order chi connectivity index (χ1) is 9.90. The Hall–Kier alpha value is -1.33. The lowest BCUT2D eigenvalue weighted by Crippen LogP contribution is -2.32. The van der Waals surface area contributed by atoms with Gasteiger partial charge in [0.15, 0.2) is 5.82 Å². The third-order valence-corrected chi connectivity index (χ3v) is 4.40. The molecule has 20 heavy (non-hydrogen) atoms. The molecule has 0 atom stereocenters. The molecule has 1 saturated heterocycles. The monoisotopic (exact) mass is 289 g/mol. The van der Waals surface area contributed by atoms with Crippen LogP contribution >= 0.6 is 11.8 Å². The Kier molecular flexibility index (Phi) is 4.71. The molecule has 0 radical (unpaired) electrons. The number of hydrogen-bond acceptors (Lipinski definition) is 5. The molecule has 3 rings (SSSR count). The average molecular weight is 289 g/mol. The van der Waals surface area contributed by atoms with Crippen LogP contribution in [0.3, 0.4) is 0 Å². The third-order valence-electron chi connectivity index (χ3n) is 3.45. The van der Waals surface area contributed by atoms with Crippen molar-refractivity contribution in [3.8, 4) is 0 Å². The van der Waals surface area contributed by atoms with Crippen LogP contribution in [0.2, 0.25) is 0 Å². The van der Waals surface area contributed by atoms with Crippen molar-refractivity contribution in [1.29, 1.82) is 0 Å². The van der Waals surface area contributed by atoms with Crippen molar-refractivity contribution in [1.82, 2.24) is 15.0 Å². The fourth-order valence-corrected chi connectivity index (χ4v) is 3.29. The smallest absolute Gasteiger partial charge is 0.240 e. The van der Waals surface area contributed by atoms with Gasteiger partial charge in [0.05, 0.1) is 6.54 Å². The lowest BCUT2D eigenvalue weighted by molar-refractivity contribution is 0.245. The van der Waals surface area contributed by atoms with Crippen LogP contribution in [-0.4, -0.2) is 39.6 Å². The highest BCUT2D eigenvalue weighted by atomic mass is 32.2. The van der Waals surface area contributed by atoms with E-state index in [1.165, 1.54) is 17.1 Å². The minimum atomic E-state index is 0.750. The van der Waals surface area contributed by atoms with Crippen molar-refractivity contribution in [2.24, 2.45) is 0 Å². The zero-order chi connectivity index (χ0) is 13.6. The fraction of sp³-hybridized carbons (Fsp3) is 0.467. The Morgan fingerprint density at radius 1 is 1.10 bits per heavy atom. The predicted molar refractivity (Wildman–Crippen MR) is 80.8 cm³/mol. The number of rotatable bonds is 5. The van der Waals surface area contributed by atoms with Gasteiger partial charge >= 0.3 is 0 Å². The largest absolute Gasteiger partial charge is 0.338 e. The van der Waals surface area contributed by atoms with E-state index >= 15 is 0 Å². The summed E-state index contributed by atoms with van der Waals surface area (Å²) in [5, 5.41) is 4.08. The molecule has 0 amide bonds. The minimum absolute atomic E-state index is 0.750. The van der Waals surface area contributed by atoms with Crippen molar-refractivity contribution in [3.63, 3.8) is 0 Å². The van der Waals surface area contributed by atoms with Gasteiger partial charge in [-0.2, -0.15) is 16.7 Å². The lowest BCUT2D eigenvalue weighted by Gasteiger charge is -2.24. The molecule has 1 aliphatic rings. The maximum absolute atomic E-state index is 5.35. The molecule has 2 aromatic rings. The van der Waals surface area contributed by atoms with Gasteiger partial charge in [0.1, 0.15) is 0 Å². The van der Waals surface area contributed by atoms with Crippen molar-refractivity contribution >= 4 is 11.8 Å². The van der Waals surface area contributed by atoms with E-state index in [0.29, 0.717) is 0 Å². The minimum Gasteiger partial charge on any atom is -0.338 e. The molecule has 0 unspecified atom stereocenters. The van der Waals surface area contributed by atoms with Crippen LogP contribution in [0.4, 0.5) is 0 Å². The van der Waals surface area contributed by atoms with Gasteiger partial charge in [-0.15, -0.1) is 0 Å². The summed E-state index contributed by atoms with van der Waals surface area (Å²) in [5.74, 6) is 3.97. The van der Waals surface area contributed by atoms with Crippen LogP contribution in [0.5, 0.6) is 0 Å². The second kappa shape index (κ2) is 6.90. The van der Waals surface area contributed by atoms with Crippen LogP contribution in [0.25, 0.3) is 0 Å².